The predicted molar refractivity (Wildman–Crippen MR) is 158 cm³/mol. The Kier molecular flexibility index (Phi) is 10.6. The highest BCUT2D eigenvalue weighted by atomic mass is 16.2. The Bertz CT molecular complexity index is 1100. The number of ketones is 2. The molecule has 0 bridgehead atoms. The van der Waals surface area contributed by atoms with E-state index >= 15 is 0 Å². The van der Waals surface area contributed by atoms with Gasteiger partial charge in [-0.05, 0) is 55.8 Å². The van der Waals surface area contributed by atoms with Crippen molar-refractivity contribution in [3.8, 4) is 0 Å². The molecule has 1 heterocycles. The molecule has 0 aromatic rings. The molecule has 11 nitrogen and oxygen atoms in total. The summed E-state index contributed by atoms with van der Waals surface area (Å²) in [5, 5.41) is 8.20. The van der Waals surface area contributed by atoms with Crippen molar-refractivity contribution in [2.75, 3.05) is 6.54 Å². The molecule has 1 unspecified atom stereocenters. The Hall–Kier alpha value is -3.24. The molecule has 1 aliphatic heterocycles. The summed E-state index contributed by atoms with van der Waals surface area (Å²) in [6.07, 6.45) is 5.16. The van der Waals surface area contributed by atoms with Gasteiger partial charge in [-0.25, -0.2) is 4.79 Å². The minimum absolute atomic E-state index is 0.0139. The predicted octanol–water partition coefficient (Wildman–Crippen LogP) is 2.23. The van der Waals surface area contributed by atoms with Gasteiger partial charge in [-0.2, -0.15) is 0 Å². The molecule has 234 valence electrons. The molecule has 3 aliphatic rings. The van der Waals surface area contributed by atoms with Crippen LogP contribution in [0.5, 0.6) is 0 Å². The maximum Gasteiger partial charge on any atom is 0.316 e. The number of likely N-dealkylation sites (tertiary alicyclic amines) is 1. The molecule has 0 aromatic heterocycles. The summed E-state index contributed by atoms with van der Waals surface area (Å²) >= 11 is 0. The summed E-state index contributed by atoms with van der Waals surface area (Å²) < 4.78 is 0. The van der Waals surface area contributed by atoms with E-state index in [0.717, 1.165) is 32.1 Å². The van der Waals surface area contributed by atoms with E-state index in [1.165, 1.54) is 4.90 Å². The van der Waals surface area contributed by atoms with Crippen molar-refractivity contribution in [2.24, 2.45) is 34.8 Å². The second kappa shape index (κ2) is 13.4. The third-order valence-electron chi connectivity index (χ3n) is 8.95. The number of rotatable bonds is 13. The Balaban J connectivity index is 1.80. The molecule has 5 N–H and O–H groups in total. The molecule has 0 radical (unpaired) electrons. The lowest BCUT2D eigenvalue weighted by atomic mass is 9.80. The molecule has 11 heteroatoms. The van der Waals surface area contributed by atoms with Crippen LogP contribution in [0, 0.1) is 29.1 Å². The molecule has 1 saturated heterocycles. The molecule has 0 aromatic carbocycles. The molecule has 2 saturated carbocycles. The van der Waals surface area contributed by atoms with Gasteiger partial charge in [0.15, 0.2) is 5.78 Å². The normalized spacial score (nSPS) is 22.9. The number of nitrogens with two attached hydrogens (primary N) is 1. The molecule has 42 heavy (non-hydrogen) atoms. The van der Waals surface area contributed by atoms with Crippen molar-refractivity contribution >= 4 is 35.3 Å². The Morgan fingerprint density at radius 1 is 0.976 bits per heavy atom. The molecular weight excluding hydrogens is 538 g/mol. The van der Waals surface area contributed by atoms with Crippen molar-refractivity contribution in [3.63, 3.8) is 0 Å². The van der Waals surface area contributed by atoms with Crippen molar-refractivity contribution < 1.29 is 28.8 Å². The molecule has 2 aliphatic carbocycles. The van der Waals surface area contributed by atoms with Crippen LogP contribution in [-0.4, -0.2) is 70.9 Å². The van der Waals surface area contributed by atoms with Crippen LogP contribution in [0.3, 0.4) is 0 Å². The summed E-state index contributed by atoms with van der Waals surface area (Å²) in [6, 6.07) is -4.46. The van der Waals surface area contributed by atoms with Gasteiger partial charge in [0.1, 0.15) is 18.1 Å². The fourth-order valence-corrected chi connectivity index (χ4v) is 5.74. The highest BCUT2D eigenvalue weighted by Gasteiger charge is 2.46. The van der Waals surface area contributed by atoms with E-state index in [0.29, 0.717) is 25.0 Å². The Morgan fingerprint density at radius 2 is 1.60 bits per heavy atom. The highest BCUT2D eigenvalue weighted by molar-refractivity contribution is 6.37. The topological polar surface area (TPSA) is 168 Å². The quantitative estimate of drug-likeness (QED) is 0.190. The monoisotopic (exact) mass is 587 g/mol. The van der Waals surface area contributed by atoms with Gasteiger partial charge >= 0.3 is 6.03 Å². The number of carbonyl (C=O) groups is 6. The molecule has 3 rings (SSSR count). The van der Waals surface area contributed by atoms with Crippen LogP contribution >= 0.6 is 0 Å². The number of primary amides is 1. The van der Waals surface area contributed by atoms with E-state index in [9.17, 15) is 28.8 Å². The smallest absolute Gasteiger partial charge is 0.316 e. The number of carbonyl (C=O) groups excluding carboxylic acids is 6. The zero-order valence-corrected chi connectivity index (χ0v) is 26.0. The summed E-state index contributed by atoms with van der Waals surface area (Å²) in [4.78, 5) is 79.4. The van der Waals surface area contributed by atoms with Crippen molar-refractivity contribution in [3.05, 3.63) is 12.2 Å². The van der Waals surface area contributed by atoms with E-state index in [-0.39, 0.29) is 29.5 Å². The number of hydrogen-bond donors (Lipinski definition) is 4. The first kappa shape index (κ1) is 33.3. The van der Waals surface area contributed by atoms with Gasteiger partial charge < -0.3 is 26.6 Å². The number of hydrogen-bond acceptors (Lipinski definition) is 6. The van der Waals surface area contributed by atoms with Gasteiger partial charge in [0, 0.05) is 12.5 Å². The van der Waals surface area contributed by atoms with E-state index in [2.05, 4.69) is 22.5 Å². The molecule has 3 fully saturated rings. The first-order chi connectivity index (χ1) is 19.5. The minimum atomic E-state index is -1.10. The first-order valence-corrected chi connectivity index (χ1v) is 15.2. The van der Waals surface area contributed by atoms with Gasteiger partial charge in [-0.3, -0.25) is 24.0 Å². The van der Waals surface area contributed by atoms with Crippen molar-refractivity contribution in [1.82, 2.24) is 20.9 Å². The average Bonchev–Trinajstić information content (AvgIpc) is 3.62. The van der Waals surface area contributed by atoms with Crippen molar-refractivity contribution in [1.29, 1.82) is 0 Å². The van der Waals surface area contributed by atoms with E-state index in [1.54, 1.807) is 6.92 Å². The summed E-state index contributed by atoms with van der Waals surface area (Å²) in [7, 11) is 0. The van der Waals surface area contributed by atoms with Crippen LogP contribution in [0.2, 0.25) is 0 Å². The van der Waals surface area contributed by atoms with Crippen LogP contribution in [0.1, 0.15) is 86.5 Å². The lowest BCUT2D eigenvalue weighted by Crippen LogP contribution is -2.61. The largest absolute Gasteiger partial charge is 0.363 e. The molecule has 5 atom stereocenters. The molecule has 5 amide bonds. The van der Waals surface area contributed by atoms with Gasteiger partial charge in [-0.15, -0.1) is 0 Å². The summed E-state index contributed by atoms with van der Waals surface area (Å²) in [6.45, 7) is 15.3. The Morgan fingerprint density at radius 3 is 2.05 bits per heavy atom. The van der Waals surface area contributed by atoms with Crippen molar-refractivity contribution in [2.45, 2.75) is 111 Å². The third kappa shape index (κ3) is 8.19. The number of Topliss-reactive ketones (excluding diaryl/α,β-unsaturated/α-hetero) is 2. The maximum absolute atomic E-state index is 14.1. The molecule has 0 spiro atoms. The van der Waals surface area contributed by atoms with Gasteiger partial charge in [0.05, 0.1) is 6.04 Å². The zero-order valence-electron chi connectivity index (χ0n) is 26.0. The lowest BCUT2D eigenvalue weighted by molar-refractivity contribution is -0.143. The summed E-state index contributed by atoms with van der Waals surface area (Å²) in [5.74, 6) is -2.65. The first-order valence-electron chi connectivity index (χ1n) is 15.2. The zero-order chi connectivity index (χ0) is 31.5. The minimum Gasteiger partial charge on any atom is -0.363 e. The van der Waals surface area contributed by atoms with E-state index < -0.39 is 59.1 Å². The third-order valence-corrected chi connectivity index (χ3v) is 8.95. The fraction of sp³-hybridized carbons (Fsp3) is 0.742. The van der Waals surface area contributed by atoms with Crippen LogP contribution in [-0.2, 0) is 24.0 Å². The van der Waals surface area contributed by atoms with Crippen LogP contribution < -0.4 is 21.7 Å². The maximum atomic E-state index is 14.1. The number of urea groups is 1. The molecular formula is C31H49N5O6. The SMILES string of the molecule is C=C(C)[C@H](NC(=O)N[C@H](C(=O)N1C[C@H](C(C)C)C[C@H]1C(=O)NC(CC1CCC1)C(=O)C(N)=O)C(C)(C)C)C(=O)C1CC1. The van der Waals surface area contributed by atoms with Gasteiger partial charge in [0.25, 0.3) is 5.91 Å². The second-order valence-corrected chi connectivity index (χ2v) is 13.9. The van der Waals surface area contributed by atoms with Gasteiger partial charge in [0.2, 0.25) is 17.6 Å². The summed E-state index contributed by atoms with van der Waals surface area (Å²) in [5.41, 5.74) is 5.06. The lowest BCUT2D eigenvalue weighted by Gasteiger charge is -2.36. The number of amides is 5. The van der Waals surface area contributed by atoms with Crippen LogP contribution in [0.15, 0.2) is 12.2 Å². The van der Waals surface area contributed by atoms with Gasteiger partial charge in [-0.1, -0.05) is 66.0 Å². The van der Waals surface area contributed by atoms with E-state index in [1.807, 2.05) is 34.6 Å². The average molecular weight is 588 g/mol. The standard InChI is InChI=1S/C31H49N5O6/c1-16(2)20-14-22(28(40)33-21(25(38)27(32)39)13-18-9-8-10-18)36(15-20)29(41)26(31(5,6)7)35-30(42)34-23(17(3)4)24(37)19-11-12-19/h16,18-23,26H,3,8-15H2,1-2,4-7H3,(H2,32,39)(H,33,40)(H2,34,35,42)/t20-,21?,22+,23+,26-/m1/s1. The fourth-order valence-electron chi connectivity index (χ4n) is 5.74. The van der Waals surface area contributed by atoms with E-state index in [4.69, 9.17) is 5.73 Å². The number of nitrogens with zero attached hydrogens (tertiary/aromatic N) is 1. The number of nitrogens with one attached hydrogen (secondary N) is 3. The second-order valence-electron chi connectivity index (χ2n) is 13.9. The Labute approximate surface area is 249 Å². The highest BCUT2D eigenvalue weighted by Crippen LogP contribution is 2.34. The van der Waals surface area contributed by atoms with Crippen LogP contribution in [0.25, 0.3) is 0 Å². The van der Waals surface area contributed by atoms with Crippen LogP contribution in [0.4, 0.5) is 4.79 Å².